The monoisotopic (exact) mass is 445 g/mol. The number of aromatic nitrogens is 1. The first-order valence-corrected chi connectivity index (χ1v) is 10.8. The van der Waals surface area contributed by atoms with E-state index in [1.54, 1.807) is 11.0 Å². The number of esters is 1. The molecule has 172 valence electrons. The molecule has 0 atom stereocenters. The Hall–Kier alpha value is -3.10. The Kier molecular flexibility index (Phi) is 5.60. The molecule has 0 spiro atoms. The number of piperazine rings is 1. The molecular weight excluding hydrogens is 417 g/mol. The van der Waals surface area contributed by atoms with Crippen LogP contribution in [-0.2, 0) is 9.47 Å². The number of halogens is 1. The molecule has 1 aliphatic carbocycles. The van der Waals surface area contributed by atoms with Gasteiger partial charge in [0, 0.05) is 43.8 Å². The summed E-state index contributed by atoms with van der Waals surface area (Å²) in [5.74, 6) is -1.27. The van der Waals surface area contributed by atoms with Crippen LogP contribution in [0.15, 0.2) is 23.1 Å². The average molecular weight is 445 g/mol. The Morgan fingerprint density at radius 1 is 1.09 bits per heavy atom. The first-order chi connectivity index (χ1) is 15.1. The summed E-state index contributed by atoms with van der Waals surface area (Å²) < 4.78 is 27.1. The van der Waals surface area contributed by atoms with Crippen LogP contribution in [-0.4, -0.2) is 60.4 Å². The summed E-state index contributed by atoms with van der Waals surface area (Å²) in [6, 6.07) is 3.05. The third-order valence-electron chi connectivity index (χ3n) is 5.72. The van der Waals surface area contributed by atoms with Crippen molar-refractivity contribution in [3.8, 4) is 0 Å². The maximum absolute atomic E-state index is 15.1. The van der Waals surface area contributed by atoms with E-state index in [9.17, 15) is 14.4 Å². The van der Waals surface area contributed by atoms with E-state index in [-0.39, 0.29) is 23.1 Å². The number of carbonyl (C=O) groups is 2. The highest BCUT2D eigenvalue weighted by Crippen LogP contribution is 2.38. The van der Waals surface area contributed by atoms with Crippen molar-refractivity contribution in [3.63, 3.8) is 0 Å². The maximum atomic E-state index is 15.1. The molecule has 1 aliphatic heterocycles. The Morgan fingerprint density at radius 3 is 2.31 bits per heavy atom. The third-order valence-corrected chi connectivity index (χ3v) is 5.72. The van der Waals surface area contributed by atoms with Gasteiger partial charge in [-0.05, 0) is 45.7 Å². The lowest BCUT2D eigenvalue weighted by molar-refractivity contribution is 0.0240. The van der Waals surface area contributed by atoms with Gasteiger partial charge in [0.05, 0.1) is 18.3 Å². The minimum Gasteiger partial charge on any atom is -0.465 e. The number of pyridine rings is 1. The highest BCUT2D eigenvalue weighted by molar-refractivity contribution is 5.94. The summed E-state index contributed by atoms with van der Waals surface area (Å²) in [5, 5.41) is 0.161. The van der Waals surface area contributed by atoms with Crippen molar-refractivity contribution in [1.82, 2.24) is 9.47 Å². The molecule has 0 unspecified atom stereocenters. The predicted molar refractivity (Wildman–Crippen MR) is 118 cm³/mol. The summed E-state index contributed by atoms with van der Waals surface area (Å²) in [6.07, 6.45) is 3.00. The standard InChI is InChI=1S/C23H28FN3O5/c1-23(2,3)32-22(30)26-9-7-25(8-10-26)19-12-18-15(11-17(19)24)20(28)16(21(29)31-4)13-27(18)14-5-6-14/h11-14H,5-10H2,1-4H3. The van der Waals surface area contributed by atoms with Gasteiger partial charge >= 0.3 is 12.1 Å². The molecule has 4 rings (SSSR count). The maximum Gasteiger partial charge on any atom is 0.410 e. The first kappa shape index (κ1) is 22.1. The molecule has 1 saturated carbocycles. The fourth-order valence-corrected chi connectivity index (χ4v) is 3.97. The largest absolute Gasteiger partial charge is 0.465 e. The van der Waals surface area contributed by atoms with E-state index >= 15 is 4.39 Å². The summed E-state index contributed by atoms with van der Waals surface area (Å²) in [5.41, 5.74) is -0.236. The number of benzene rings is 1. The van der Waals surface area contributed by atoms with Gasteiger partial charge in [-0.1, -0.05) is 0 Å². The lowest BCUT2D eigenvalue weighted by Gasteiger charge is -2.37. The zero-order chi connectivity index (χ0) is 23.2. The van der Waals surface area contributed by atoms with E-state index in [4.69, 9.17) is 9.47 Å². The summed E-state index contributed by atoms with van der Waals surface area (Å²) >= 11 is 0. The molecule has 0 N–H and O–H groups in total. The number of carbonyl (C=O) groups excluding carboxylic acids is 2. The normalized spacial score (nSPS) is 16.9. The molecular formula is C23H28FN3O5. The number of anilines is 1. The Labute approximate surface area is 185 Å². The molecule has 2 aliphatic rings. The molecule has 0 radical (unpaired) electrons. The number of hydrogen-bond acceptors (Lipinski definition) is 6. The smallest absolute Gasteiger partial charge is 0.410 e. The van der Waals surface area contributed by atoms with Crippen molar-refractivity contribution in [2.45, 2.75) is 45.3 Å². The van der Waals surface area contributed by atoms with Crippen molar-refractivity contribution in [1.29, 1.82) is 0 Å². The summed E-state index contributed by atoms with van der Waals surface area (Å²) in [4.78, 5) is 40.7. The van der Waals surface area contributed by atoms with Crippen LogP contribution in [0.1, 0.15) is 50.0 Å². The number of methoxy groups -OCH3 is 1. The predicted octanol–water partition coefficient (Wildman–Crippen LogP) is 3.32. The number of rotatable bonds is 3. The lowest BCUT2D eigenvalue weighted by atomic mass is 10.1. The number of amides is 1. The van der Waals surface area contributed by atoms with Crippen LogP contribution in [0.3, 0.4) is 0 Å². The van der Waals surface area contributed by atoms with Crippen molar-refractivity contribution in [2.24, 2.45) is 0 Å². The molecule has 2 heterocycles. The summed E-state index contributed by atoms with van der Waals surface area (Å²) in [7, 11) is 1.22. The Bertz CT molecular complexity index is 1130. The van der Waals surface area contributed by atoms with Crippen LogP contribution in [0.5, 0.6) is 0 Å². The second-order valence-electron chi connectivity index (χ2n) is 9.28. The SMILES string of the molecule is COC(=O)c1cn(C2CC2)c2cc(N3CCN(C(=O)OC(C)(C)C)CC3)c(F)cc2c1=O. The van der Waals surface area contributed by atoms with Crippen molar-refractivity contribution in [2.75, 3.05) is 38.2 Å². The van der Waals surface area contributed by atoms with Gasteiger partial charge in [-0.15, -0.1) is 0 Å². The van der Waals surface area contributed by atoms with Crippen LogP contribution in [0.2, 0.25) is 0 Å². The quantitative estimate of drug-likeness (QED) is 0.675. The van der Waals surface area contributed by atoms with Crippen molar-refractivity contribution < 1.29 is 23.5 Å². The topological polar surface area (TPSA) is 81.1 Å². The van der Waals surface area contributed by atoms with E-state index in [2.05, 4.69) is 0 Å². The van der Waals surface area contributed by atoms with Crippen LogP contribution in [0.25, 0.3) is 10.9 Å². The second kappa shape index (κ2) is 8.11. The fraction of sp³-hybridized carbons (Fsp3) is 0.522. The van der Waals surface area contributed by atoms with Gasteiger partial charge in [-0.3, -0.25) is 4.79 Å². The average Bonchev–Trinajstić information content (AvgIpc) is 3.57. The minimum absolute atomic E-state index is 0.0926. The van der Waals surface area contributed by atoms with E-state index < -0.39 is 22.8 Å². The van der Waals surface area contributed by atoms with Crippen LogP contribution in [0.4, 0.5) is 14.9 Å². The first-order valence-electron chi connectivity index (χ1n) is 10.8. The van der Waals surface area contributed by atoms with Gasteiger partial charge in [-0.2, -0.15) is 0 Å². The van der Waals surface area contributed by atoms with Gasteiger partial charge in [0.15, 0.2) is 0 Å². The van der Waals surface area contributed by atoms with E-state index in [0.717, 1.165) is 12.8 Å². The third kappa shape index (κ3) is 4.28. The van der Waals surface area contributed by atoms with Crippen LogP contribution in [0, 0.1) is 5.82 Å². The zero-order valence-corrected chi connectivity index (χ0v) is 18.8. The highest BCUT2D eigenvalue weighted by Gasteiger charge is 2.30. The molecule has 9 heteroatoms. The minimum atomic E-state index is -0.728. The molecule has 1 saturated heterocycles. The molecule has 32 heavy (non-hydrogen) atoms. The van der Waals surface area contributed by atoms with E-state index in [0.29, 0.717) is 37.4 Å². The Morgan fingerprint density at radius 2 is 1.75 bits per heavy atom. The molecule has 1 amide bonds. The van der Waals surface area contributed by atoms with Crippen molar-refractivity contribution in [3.05, 3.63) is 39.9 Å². The van der Waals surface area contributed by atoms with Gasteiger partial charge in [0.1, 0.15) is 17.0 Å². The number of ether oxygens (including phenoxy) is 2. The molecule has 8 nitrogen and oxygen atoms in total. The summed E-state index contributed by atoms with van der Waals surface area (Å²) in [6.45, 7) is 7.14. The fourth-order valence-electron chi connectivity index (χ4n) is 3.97. The molecule has 1 aromatic heterocycles. The Balaban J connectivity index is 1.64. The second-order valence-corrected chi connectivity index (χ2v) is 9.28. The van der Waals surface area contributed by atoms with Crippen LogP contribution >= 0.6 is 0 Å². The van der Waals surface area contributed by atoms with Gasteiger partial charge in [-0.25, -0.2) is 14.0 Å². The van der Waals surface area contributed by atoms with Crippen molar-refractivity contribution >= 4 is 28.7 Å². The number of nitrogens with zero attached hydrogens (tertiary/aromatic N) is 3. The van der Waals surface area contributed by atoms with E-state index in [1.165, 1.54) is 19.4 Å². The number of hydrogen-bond donors (Lipinski definition) is 0. The van der Waals surface area contributed by atoms with Gasteiger partial charge < -0.3 is 23.8 Å². The van der Waals surface area contributed by atoms with E-state index in [1.807, 2.05) is 30.2 Å². The molecule has 2 fully saturated rings. The van der Waals surface area contributed by atoms with Gasteiger partial charge in [0.2, 0.25) is 5.43 Å². The van der Waals surface area contributed by atoms with Gasteiger partial charge in [0.25, 0.3) is 0 Å². The highest BCUT2D eigenvalue weighted by atomic mass is 19.1. The zero-order valence-electron chi connectivity index (χ0n) is 18.8. The lowest BCUT2D eigenvalue weighted by Crippen LogP contribution is -2.50. The number of fused-ring (bicyclic) bond motifs is 1. The van der Waals surface area contributed by atoms with Crippen LogP contribution < -0.4 is 10.3 Å². The molecule has 1 aromatic carbocycles. The molecule has 0 bridgehead atoms. The molecule has 2 aromatic rings.